The summed E-state index contributed by atoms with van der Waals surface area (Å²) in [5, 5.41) is 3.20. The van der Waals surface area contributed by atoms with Gasteiger partial charge in [-0.3, -0.25) is 9.59 Å². The molecule has 1 aliphatic carbocycles. The average molecular weight is 540 g/mol. The molecule has 0 radical (unpaired) electrons. The summed E-state index contributed by atoms with van der Waals surface area (Å²) in [5.41, 5.74) is 3.50. The standard InChI is InChI=1S/C33H34FN3O3/c1-40-28-18-12-23(13-19-28)22-37(33(39)30-21-20-29(36-30)24-8-4-2-5-9-24)31(25-14-16-26(34)17-15-25)32(38)35-27-10-6-3-7-11-27/h2,4-5,8-9,12-21,27,31,36H,3,6-7,10-11,22H2,1H3,(H,35,38). The van der Waals surface area contributed by atoms with Crippen LogP contribution >= 0.6 is 0 Å². The fraction of sp³-hybridized carbons (Fsp3) is 0.273. The first-order chi connectivity index (χ1) is 19.5. The lowest BCUT2D eigenvalue weighted by Crippen LogP contribution is -2.47. The Balaban J connectivity index is 1.53. The highest BCUT2D eigenvalue weighted by Gasteiger charge is 2.34. The highest BCUT2D eigenvalue weighted by Crippen LogP contribution is 2.29. The van der Waals surface area contributed by atoms with Gasteiger partial charge in [0.05, 0.1) is 7.11 Å². The van der Waals surface area contributed by atoms with Crippen molar-refractivity contribution in [2.24, 2.45) is 0 Å². The Labute approximate surface area is 234 Å². The summed E-state index contributed by atoms with van der Waals surface area (Å²) in [6.45, 7) is 0.169. The van der Waals surface area contributed by atoms with Gasteiger partial charge < -0.3 is 19.9 Å². The number of nitrogens with one attached hydrogen (secondary N) is 2. The van der Waals surface area contributed by atoms with Crippen LogP contribution < -0.4 is 10.1 Å². The lowest BCUT2D eigenvalue weighted by molar-refractivity contribution is -0.127. The van der Waals surface area contributed by atoms with E-state index in [1.165, 1.54) is 12.1 Å². The molecule has 3 aromatic carbocycles. The van der Waals surface area contributed by atoms with E-state index < -0.39 is 11.9 Å². The van der Waals surface area contributed by atoms with Crippen LogP contribution in [-0.2, 0) is 11.3 Å². The minimum absolute atomic E-state index is 0.0531. The second-order valence-electron chi connectivity index (χ2n) is 10.2. The molecule has 1 unspecified atom stereocenters. The molecule has 2 amide bonds. The Hall–Kier alpha value is -4.39. The minimum Gasteiger partial charge on any atom is -0.497 e. The Morgan fingerprint density at radius 2 is 1.62 bits per heavy atom. The van der Waals surface area contributed by atoms with Gasteiger partial charge in [0.25, 0.3) is 5.91 Å². The van der Waals surface area contributed by atoms with E-state index in [9.17, 15) is 14.0 Å². The van der Waals surface area contributed by atoms with Gasteiger partial charge in [-0.25, -0.2) is 4.39 Å². The van der Waals surface area contributed by atoms with Gasteiger partial charge >= 0.3 is 0 Å². The van der Waals surface area contributed by atoms with Gasteiger partial charge in [-0.05, 0) is 65.9 Å². The van der Waals surface area contributed by atoms with Crippen molar-refractivity contribution in [2.45, 2.75) is 50.7 Å². The third-order valence-corrected chi connectivity index (χ3v) is 7.47. The Morgan fingerprint density at radius 1 is 0.925 bits per heavy atom. The van der Waals surface area contributed by atoms with Crippen LogP contribution in [0.3, 0.4) is 0 Å². The molecule has 1 saturated carbocycles. The summed E-state index contributed by atoms with van der Waals surface area (Å²) < 4.78 is 19.2. The predicted molar refractivity (Wildman–Crippen MR) is 153 cm³/mol. The Morgan fingerprint density at radius 3 is 2.30 bits per heavy atom. The largest absolute Gasteiger partial charge is 0.497 e. The molecule has 1 aliphatic rings. The van der Waals surface area contributed by atoms with Gasteiger partial charge in [0.2, 0.25) is 5.91 Å². The van der Waals surface area contributed by atoms with Gasteiger partial charge in [-0.1, -0.05) is 73.9 Å². The number of ether oxygens (including phenoxy) is 1. The number of carbonyl (C=O) groups excluding carboxylic acids is 2. The number of carbonyl (C=O) groups is 2. The number of rotatable bonds is 9. The molecule has 1 atom stereocenters. The Kier molecular flexibility index (Phi) is 8.59. The number of hydrogen-bond donors (Lipinski definition) is 2. The molecule has 40 heavy (non-hydrogen) atoms. The van der Waals surface area contributed by atoms with Gasteiger partial charge in [0.15, 0.2) is 0 Å². The molecule has 7 heteroatoms. The summed E-state index contributed by atoms with van der Waals surface area (Å²) >= 11 is 0. The topological polar surface area (TPSA) is 74.4 Å². The number of amides is 2. The second kappa shape index (κ2) is 12.6. The van der Waals surface area contributed by atoms with Gasteiger partial charge in [0.1, 0.15) is 23.3 Å². The third kappa shape index (κ3) is 6.42. The van der Waals surface area contributed by atoms with E-state index in [0.29, 0.717) is 17.0 Å². The number of methoxy groups -OCH3 is 1. The first-order valence-corrected chi connectivity index (χ1v) is 13.8. The number of hydrogen-bond acceptors (Lipinski definition) is 3. The number of aromatic nitrogens is 1. The highest BCUT2D eigenvalue weighted by molar-refractivity contribution is 5.97. The van der Waals surface area contributed by atoms with Crippen molar-refractivity contribution in [3.8, 4) is 17.0 Å². The number of aromatic amines is 1. The molecular weight excluding hydrogens is 505 g/mol. The van der Waals surface area contributed by atoms with Crippen LogP contribution in [0, 0.1) is 5.82 Å². The van der Waals surface area contributed by atoms with Crippen LogP contribution in [0.2, 0.25) is 0 Å². The van der Waals surface area contributed by atoms with Crippen molar-refractivity contribution in [3.63, 3.8) is 0 Å². The highest BCUT2D eigenvalue weighted by atomic mass is 19.1. The van der Waals surface area contributed by atoms with Crippen molar-refractivity contribution in [3.05, 3.63) is 114 Å². The molecule has 6 nitrogen and oxygen atoms in total. The van der Waals surface area contributed by atoms with E-state index in [1.54, 1.807) is 30.2 Å². The number of benzene rings is 3. The van der Waals surface area contributed by atoms with E-state index in [2.05, 4.69) is 10.3 Å². The number of nitrogens with zero attached hydrogens (tertiary/aromatic N) is 1. The van der Waals surface area contributed by atoms with E-state index >= 15 is 0 Å². The minimum atomic E-state index is -0.958. The number of halogens is 1. The smallest absolute Gasteiger partial charge is 0.271 e. The predicted octanol–water partition coefficient (Wildman–Crippen LogP) is 6.66. The third-order valence-electron chi connectivity index (χ3n) is 7.47. The van der Waals surface area contributed by atoms with Crippen molar-refractivity contribution in [1.82, 2.24) is 15.2 Å². The maximum absolute atomic E-state index is 14.2. The summed E-state index contributed by atoms with van der Waals surface area (Å²) in [4.78, 5) is 33.0. The van der Waals surface area contributed by atoms with E-state index in [0.717, 1.165) is 48.9 Å². The normalized spacial score (nSPS) is 14.3. The molecule has 206 valence electrons. The fourth-order valence-corrected chi connectivity index (χ4v) is 5.31. The second-order valence-corrected chi connectivity index (χ2v) is 10.2. The van der Waals surface area contributed by atoms with Crippen LogP contribution in [0.4, 0.5) is 4.39 Å². The molecule has 1 aromatic heterocycles. The van der Waals surface area contributed by atoms with E-state index in [-0.39, 0.29) is 24.4 Å². The van der Waals surface area contributed by atoms with Crippen molar-refractivity contribution >= 4 is 11.8 Å². The zero-order valence-electron chi connectivity index (χ0n) is 22.6. The van der Waals surface area contributed by atoms with Crippen molar-refractivity contribution in [2.75, 3.05) is 7.11 Å². The van der Waals surface area contributed by atoms with Gasteiger partial charge in [-0.15, -0.1) is 0 Å². The summed E-state index contributed by atoms with van der Waals surface area (Å²) in [6.07, 6.45) is 5.10. The summed E-state index contributed by atoms with van der Waals surface area (Å²) in [6, 6.07) is 25.7. The SMILES string of the molecule is COc1ccc(CN(C(=O)c2ccc(-c3ccccc3)[nH]2)C(C(=O)NC2CCCCC2)c2ccc(F)cc2)cc1. The maximum Gasteiger partial charge on any atom is 0.271 e. The van der Waals surface area contributed by atoms with E-state index in [4.69, 9.17) is 4.74 Å². The molecule has 1 fully saturated rings. The average Bonchev–Trinajstić information content (AvgIpc) is 3.49. The van der Waals surface area contributed by atoms with Crippen molar-refractivity contribution in [1.29, 1.82) is 0 Å². The zero-order valence-corrected chi connectivity index (χ0v) is 22.6. The summed E-state index contributed by atoms with van der Waals surface area (Å²) in [5.74, 6) is -0.301. The van der Waals surface area contributed by atoms with Gasteiger partial charge in [-0.2, -0.15) is 0 Å². The van der Waals surface area contributed by atoms with Crippen LogP contribution in [-0.4, -0.2) is 34.8 Å². The van der Waals surface area contributed by atoms with Crippen LogP contribution in [0.15, 0.2) is 91.0 Å². The number of H-pyrrole nitrogens is 1. The molecule has 0 saturated heterocycles. The first-order valence-electron chi connectivity index (χ1n) is 13.8. The maximum atomic E-state index is 14.2. The quantitative estimate of drug-likeness (QED) is 0.250. The molecular formula is C33H34FN3O3. The van der Waals surface area contributed by atoms with E-state index in [1.807, 2.05) is 60.7 Å². The van der Waals surface area contributed by atoms with Crippen molar-refractivity contribution < 1.29 is 18.7 Å². The molecule has 0 bridgehead atoms. The fourth-order valence-electron chi connectivity index (χ4n) is 5.31. The van der Waals surface area contributed by atoms with Crippen LogP contribution in [0.25, 0.3) is 11.3 Å². The van der Waals surface area contributed by atoms with Gasteiger partial charge in [0, 0.05) is 18.3 Å². The molecule has 5 rings (SSSR count). The molecule has 2 N–H and O–H groups in total. The monoisotopic (exact) mass is 539 g/mol. The molecule has 0 spiro atoms. The molecule has 4 aromatic rings. The van der Waals surface area contributed by atoms with Crippen LogP contribution in [0.5, 0.6) is 5.75 Å². The first kappa shape index (κ1) is 27.2. The zero-order chi connectivity index (χ0) is 27.9. The Bertz CT molecular complexity index is 1410. The van der Waals surface area contributed by atoms with Crippen LogP contribution in [0.1, 0.15) is 59.8 Å². The molecule has 0 aliphatic heterocycles. The molecule has 1 heterocycles. The lowest BCUT2D eigenvalue weighted by Gasteiger charge is -2.33. The summed E-state index contributed by atoms with van der Waals surface area (Å²) in [7, 11) is 1.60. The lowest BCUT2D eigenvalue weighted by atomic mass is 9.94.